The Labute approximate surface area is 133 Å². The minimum absolute atomic E-state index is 0.780. The van der Waals surface area contributed by atoms with Crippen molar-refractivity contribution >= 4 is 28.6 Å². The number of nitrogens with one attached hydrogen (secondary N) is 1. The topological polar surface area (TPSA) is 24.9 Å². The number of thiazole rings is 1. The Kier molecular flexibility index (Phi) is 4.23. The van der Waals surface area contributed by atoms with E-state index in [4.69, 9.17) is 11.6 Å². The van der Waals surface area contributed by atoms with Gasteiger partial charge in [0.2, 0.25) is 0 Å². The molecule has 0 aliphatic rings. The molecule has 0 aliphatic carbocycles. The quantitative estimate of drug-likeness (QED) is 0.699. The van der Waals surface area contributed by atoms with Gasteiger partial charge in [0.15, 0.2) is 0 Å². The van der Waals surface area contributed by atoms with Gasteiger partial charge in [0.05, 0.1) is 0 Å². The summed E-state index contributed by atoms with van der Waals surface area (Å²) in [6, 6.07) is 14.3. The SMILES string of the molecule is Cc1cc(Cl)ccc1CNc1cccc(-c2nccs2)c1. The third-order valence-electron chi connectivity index (χ3n) is 3.33. The number of hydrogen-bond donors (Lipinski definition) is 1. The molecule has 0 aliphatic heterocycles. The van der Waals surface area contributed by atoms with Crippen molar-refractivity contribution in [3.63, 3.8) is 0 Å². The number of nitrogens with zero attached hydrogens (tertiary/aromatic N) is 1. The van der Waals surface area contributed by atoms with Gasteiger partial charge < -0.3 is 5.32 Å². The highest BCUT2D eigenvalue weighted by molar-refractivity contribution is 7.13. The van der Waals surface area contributed by atoms with Gasteiger partial charge in [-0.3, -0.25) is 0 Å². The lowest BCUT2D eigenvalue weighted by atomic mass is 10.1. The molecule has 3 rings (SSSR count). The maximum atomic E-state index is 5.99. The molecule has 21 heavy (non-hydrogen) atoms. The summed E-state index contributed by atoms with van der Waals surface area (Å²) in [4.78, 5) is 4.35. The fourth-order valence-corrected chi connectivity index (χ4v) is 3.05. The van der Waals surface area contributed by atoms with E-state index >= 15 is 0 Å². The van der Waals surface area contributed by atoms with E-state index in [0.717, 1.165) is 27.8 Å². The second kappa shape index (κ2) is 6.29. The molecule has 2 nitrogen and oxygen atoms in total. The van der Waals surface area contributed by atoms with Crippen LogP contribution in [0.15, 0.2) is 54.0 Å². The summed E-state index contributed by atoms with van der Waals surface area (Å²) < 4.78 is 0. The highest BCUT2D eigenvalue weighted by Gasteiger charge is 2.03. The van der Waals surface area contributed by atoms with E-state index < -0.39 is 0 Å². The highest BCUT2D eigenvalue weighted by Crippen LogP contribution is 2.25. The zero-order chi connectivity index (χ0) is 14.7. The fourth-order valence-electron chi connectivity index (χ4n) is 2.18. The monoisotopic (exact) mass is 314 g/mol. The maximum absolute atomic E-state index is 5.99. The summed E-state index contributed by atoms with van der Waals surface area (Å²) in [5, 5.41) is 7.27. The molecule has 0 unspecified atom stereocenters. The first-order chi connectivity index (χ1) is 10.2. The average Bonchev–Trinajstić information content (AvgIpc) is 3.01. The van der Waals surface area contributed by atoms with Crippen LogP contribution in [0.4, 0.5) is 5.69 Å². The Bertz CT molecular complexity index is 738. The fraction of sp³-hybridized carbons (Fsp3) is 0.118. The average molecular weight is 315 g/mol. The summed E-state index contributed by atoms with van der Waals surface area (Å²) in [7, 11) is 0. The van der Waals surface area contributed by atoms with Crippen molar-refractivity contribution in [3.05, 3.63) is 70.2 Å². The van der Waals surface area contributed by atoms with E-state index in [-0.39, 0.29) is 0 Å². The van der Waals surface area contributed by atoms with Crippen LogP contribution < -0.4 is 5.32 Å². The minimum Gasteiger partial charge on any atom is -0.381 e. The standard InChI is InChI=1S/C17H15ClN2S/c1-12-9-15(18)6-5-14(12)11-20-16-4-2-3-13(10-16)17-19-7-8-21-17/h2-10,20H,11H2,1H3. The number of aromatic nitrogens is 1. The van der Waals surface area contributed by atoms with Crippen LogP contribution in [-0.4, -0.2) is 4.98 Å². The van der Waals surface area contributed by atoms with Gasteiger partial charge in [-0.05, 0) is 42.3 Å². The second-order valence-corrected chi connectivity index (χ2v) is 6.17. The van der Waals surface area contributed by atoms with E-state index in [2.05, 4.69) is 41.5 Å². The third kappa shape index (κ3) is 3.43. The lowest BCUT2D eigenvalue weighted by Gasteiger charge is -2.10. The molecular formula is C17H15ClN2S. The van der Waals surface area contributed by atoms with Crippen LogP contribution in [0.25, 0.3) is 10.6 Å². The summed E-state index contributed by atoms with van der Waals surface area (Å²) in [6.07, 6.45) is 1.83. The lowest BCUT2D eigenvalue weighted by molar-refractivity contribution is 1.12. The predicted octanol–water partition coefficient (Wildman–Crippen LogP) is 5.38. The molecule has 0 bridgehead atoms. The van der Waals surface area contributed by atoms with Gasteiger partial charge in [0.1, 0.15) is 5.01 Å². The van der Waals surface area contributed by atoms with Crippen molar-refractivity contribution in [2.24, 2.45) is 0 Å². The van der Waals surface area contributed by atoms with Gasteiger partial charge in [-0.1, -0.05) is 29.8 Å². The molecule has 0 radical (unpaired) electrons. The van der Waals surface area contributed by atoms with Crippen LogP contribution in [0.5, 0.6) is 0 Å². The van der Waals surface area contributed by atoms with Gasteiger partial charge in [-0.15, -0.1) is 11.3 Å². The number of anilines is 1. The van der Waals surface area contributed by atoms with E-state index in [0.29, 0.717) is 0 Å². The Morgan fingerprint density at radius 3 is 2.86 bits per heavy atom. The molecule has 0 saturated carbocycles. The zero-order valence-corrected chi connectivity index (χ0v) is 13.2. The van der Waals surface area contributed by atoms with Crippen LogP contribution in [-0.2, 0) is 6.54 Å². The Balaban J connectivity index is 1.75. The first-order valence-corrected chi connectivity index (χ1v) is 7.97. The van der Waals surface area contributed by atoms with E-state index in [1.54, 1.807) is 11.3 Å². The summed E-state index contributed by atoms with van der Waals surface area (Å²) >= 11 is 7.64. The van der Waals surface area contributed by atoms with Gasteiger partial charge >= 0.3 is 0 Å². The molecule has 0 fully saturated rings. The number of halogens is 1. The lowest BCUT2D eigenvalue weighted by Crippen LogP contribution is -2.01. The van der Waals surface area contributed by atoms with Crippen molar-refractivity contribution in [2.45, 2.75) is 13.5 Å². The largest absolute Gasteiger partial charge is 0.381 e. The maximum Gasteiger partial charge on any atom is 0.123 e. The van der Waals surface area contributed by atoms with Crippen LogP contribution >= 0.6 is 22.9 Å². The predicted molar refractivity (Wildman–Crippen MR) is 91.1 cm³/mol. The van der Waals surface area contributed by atoms with Gasteiger partial charge in [-0.25, -0.2) is 4.98 Å². The van der Waals surface area contributed by atoms with Gasteiger partial charge in [-0.2, -0.15) is 0 Å². The summed E-state index contributed by atoms with van der Waals surface area (Å²) in [5.74, 6) is 0. The minimum atomic E-state index is 0.780. The molecule has 0 saturated heterocycles. The number of rotatable bonds is 4. The smallest absolute Gasteiger partial charge is 0.123 e. The zero-order valence-electron chi connectivity index (χ0n) is 11.6. The molecule has 3 aromatic rings. The molecule has 4 heteroatoms. The van der Waals surface area contributed by atoms with Crippen LogP contribution in [0, 0.1) is 6.92 Å². The molecular weight excluding hydrogens is 300 g/mol. The molecule has 0 atom stereocenters. The van der Waals surface area contributed by atoms with E-state index in [1.807, 2.05) is 29.8 Å². The first kappa shape index (κ1) is 14.1. The van der Waals surface area contributed by atoms with E-state index in [1.165, 1.54) is 11.1 Å². The summed E-state index contributed by atoms with van der Waals surface area (Å²) in [6.45, 7) is 2.86. The second-order valence-electron chi connectivity index (χ2n) is 4.84. The van der Waals surface area contributed by atoms with Crippen LogP contribution in [0.3, 0.4) is 0 Å². The molecule has 1 N–H and O–H groups in total. The number of benzene rings is 2. The van der Waals surface area contributed by atoms with Gasteiger partial charge in [0.25, 0.3) is 0 Å². The van der Waals surface area contributed by atoms with Crippen molar-refractivity contribution in [1.29, 1.82) is 0 Å². The summed E-state index contributed by atoms with van der Waals surface area (Å²) in [5.41, 5.74) is 4.69. The van der Waals surface area contributed by atoms with Crippen molar-refractivity contribution in [3.8, 4) is 10.6 Å². The molecule has 2 aromatic carbocycles. The molecule has 1 aromatic heterocycles. The molecule has 0 spiro atoms. The Morgan fingerprint density at radius 1 is 1.19 bits per heavy atom. The Hall–Kier alpha value is -1.84. The van der Waals surface area contributed by atoms with E-state index in [9.17, 15) is 0 Å². The number of hydrogen-bond acceptors (Lipinski definition) is 3. The Morgan fingerprint density at radius 2 is 2.10 bits per heavy atom. The van der Waals surface area contributed by atoms with Crippen LogP contribution in [0.1, 0.15) is 11.1 Å². The third-order valence-corrected chi connectivity index (χ3v) is 4.39. The van der Waals surface area contributed by atoms with Crippen molar-refractivity contribution in [1.82, 2.24) is 4.98 Å². The normalized spacial score (nSPS) is 10.6. The number of aryl methyl sites for hydroxylation is 1. The van der Waals surface area contributed by atoms with Crippen molar-refractivity contribution in [2.75, 3.05) is 5.32 Å². The molecule has 1 heterocycles. The first-order valence-electron chi connectivity index (χ1n) is 6.71. The molecule has 0 amide bonds. The highest BCUT2D eigenvalue weighted by atomic mass is 35.5. The molecule has 106 valence electrons. The van der Waals surface area contributed by atoms with Crippen molar-refractivity contribution < 1.29 is 0 Å². The van der Waals surface area contributed by atoms with Gasteiger partial charge in [0, 0.05) is 34.4 Å². The van der Waals surface area contributed by atoms with Crippen LogP contribution in [0.2, 0.25) is 5.02 Å².